The monoisotopic (exact) mass is 312 g/mol. The second-order valence-electron chi connectivity index (χ2n) is 6.25. The number of aromatic nitrogens is 3. The fraction of sp³-hybridized carbons (Fsp3) is 0.500. The zero-order chi connectivity index (χ0) is 16.2. The van der Waals surface area contributed by atoms with Crippen LogP contribution in [0.15, 0.2) is 30.5 Å². The van der Waals surface area contributed by atoms with E-state index in [1.54, 1.807) is 6.20 Å². The first-order valence-electron chi connectivity index (χ1n) is 8.36. The fourth-order valence-corrected chi connectivity index (χ4v) is 3.37. The first-order valence-corrected chi connectivity index (χ1v) is 8.36. The van der Waals surface area contributed by atoms with Crippen LogP contribution in [0.25, 0.3) is 0 Å². The second-order valence-corrected chi connectivity index (χ2v) is 6.25. The molecule has 23 heavy (non-hydrogen) atoms. The van der Waals surface area contributed by atoms with Crippen molar-refractivity contribution in [2.45, 2.75) is 52.1 Å². The summed E-state index contributed by atoms with van der Waals surface area (Å²) in [7, 11) is 0. The Morgan fingerprint density at radius 3 is 2.91 bits per heavy atom. The Balaban J connectivity index is 1.56. The van der Waals surface area contributed by atoms with Gasteiger partial charge in [0.05, 0.1) is 17.4 Å². The van der Waals surface area contributed by atoms with Gasteiger partial charge in [-0.05, 0) is 51.3 Å². The molecular weight excluding hydrogens is 288 g/mol. The standard InChI is InChI=1S/C18H24N4O/c1-14-13-15(2)22(20-14)12-6-9-18(23)21-11-5-8-17(21)16-7-3-4-10-19-16/h3-4,7,10,13,17H,5-6,8-9,11-12H2,1-2H3/t17-/m1/s1. The van der Waals surface area contributed by atoms with E-state index in [4.69, 9.17) is 0 Å². The topological polar surface area (TPSA) is 51.0 Å². The molecule has 5 heteroatoms. The molecular formula is C18H24N4O. The van der Waals surface area contributed by atoms with Gasteiger partial charge < -0.3 is 4.90 Å². The van der Waals surface area contributed by atoms with Crippen LogP contribution < -0.4 is 0 Å². The van der Waals surface area contributed by atoms with Gasteiger partial charge in [-0.15, -0.1) is 0 Å². The van der Waals surface area contributed by atoms with Crippen LogP contribution in [0.3, 0.4) is 0 Å². The summed E-state index contributed by atoms with van der Waals surface area (Å²) < 4.78 is 1.99. The summed E-state index contributed by atoms with van der Waals surface area (Å²) in [5.41, 5.74) is 3.20. The van der Waals surface area contributed by atoms with Crippen LogP contribution >= 0.6 is 0 Å². The Bertz CT molecular complexity index is 665. The Kier molecular flexibility index (Phi) is 4.74. The summed E-state index contributed by atoms with van der Waals surface area (Å²) in [4.78, 5) is 19.0. The first-order chi connectivity index (χ1) is 11.1. The van der Waals surface area contributed by atoms with Gasteiger partial charge in [0.1, 0.15) is 0 Å². The number of pyridine rings is 1. The SMILES string of the molecule is Cc1cc(C)n(CCCC(=O)N2CCC[C@@H]2c2ccccn2)n1. The number of aryl methyl sites for hydroxylation is 3. The molecule has 1 saturated heterocycles. The maximum absolute atomic E-state index is 12.6. The number of hydrogen-bond donors (Lipinski definition) is 0. The molecule has 5 nitrogen and oxygen atoms in total. The van der Waals surface area contributed by atoms with E-state index in [2.05, 4.69) is 23.1 Å². The van der Waals surface area contributed by atoms with Crippen molar-refractivity contribution in [1.82, 2.24) is 19.7 Å². The predicted octanol–water partition coefficient (Wildman–Crippen LogP) is 3.04. The zero-order valence-electron chi connectivity index (χ0n) is 13.9. The highest BCUT2D eigenvalue weighted by molar-refractivity contribution is 5.76. The van der Waals surface area contributed by atoms with Crippen molar-refractivity contribution in [3.63, 3.8) is 0 Å². The highest BCUT2D eigenvalue weighted by Crippen LogP contribution is 2.31. The molecule has 1 amide bonds. The minimum absolute atomic E-state index is 0.150. The van der Waals surface area contributed by atoms with Crippen molar-refractivity contribution in [3.05, 3.63) is 47.5 Å². The number of nitrogens with zero attached hydrogens (tertiary/aromatic N) is 4. The fourth-order valence-electron chi connectivity index (χ4n) is 3.37. The second kappa shape index (κ2) is 6.94. The van der Waals surface area contributed by atoms with Gasteiger partial charge in [-0.3, -0.25) is 14.5 Å². The molecule has 2 aromatic rings. The molecule has 0 radical (unpaired) electrons. The number of carbonyl (C=O) groups excluding carboxylic acids is 1. The van der Waals surface area contributed by atoms with Crippen LogP contribution in [0, 0.1) is 13.8 Å². The molecule has 0 spiro atoms. The lowest BCUT2D eigenvalue weighted by Gasteiger charge is -2.24. The lowest BCUT2D eigenvalue weighted by atomic mass is 10.1. The third-order valence-corrected chi connectivity index (χ3v) is 4.47. The maximum Gasteiger partial charge on any atom is 0.223 e. The van der Waals surface area contributed by atoms with Gasteiger partial charge in [-0.2, -0.15) is 5.10 Å². The van der Waals surface area contributed by atoms with Crippen LogP contribution in [0.2, 0.25) is 0 Å². The molecule has 0 aromatic carbocycles. The highest BCUT2D eigenvalue weighted by Gasteiger charge is 2.30. The van der Waals surface area contributed by atoms with E-state index in [1.807, 2.05) is 34.7 Å². The Labute approximate surface area is 137 Å². The number of rotatable bonds is 5. The zero-order valence-corrected chi connectivity index (χ0v) is 13.9. The lowest BCUT2D eigenvalue weighted by Crippen LogP contribution is -2.31. The largest absolute Gasteiger partial charge is 0.334 e. The van der Waals surface area contributed by atoms with E-state index in [0.717, 1.165) is 49.4 Å². The van der Waals surface area contributed by atoms with Gasteiger partial charge in [0.15, 0.2) is 0 Å². The van der Waals surface area contributed by atoms with Crippen molar-refractivity contribution >= 4 is 5.91 Å². The van der Waals surface area contributed by atoms with Crippen LogP contribution in [0.1, 0.15) is 48.8 Å². The van der Waals surface area contributed by atoms with E-state index in [9.17, 15) is 4.79 Å². The molecule has 0 N–H and O–H groups in total. The van der Waals surface area contributed by atoms with Crippen LogP contribution in [-0.2, 0) is 11.3 Å². The minimum atomic E-state index is 0.150. The van der Waals surface area contributed by atoms with Crippen LogP contribution in [-0.4, -0.2) is 32.1 Å². The molecule has 0 bridgehead atoms. The van der Waals surface area contributed by atoms with E-state index >= 15 is 0 Å². The summed E-state index contributed by atoms with van der Waals surface area (Å²) in [5.74, 6) is 0.236. The van der Waals surface area contributed by atoms with Crippen molar-refractivity contribution in [3.8, 4) is 0 Å². The summed E-state index contributed by atoms with van der Waals surface area (Å²) in [6.07, 6.45) is 5.28. The molecule has 1 aliphatic rings. The van der Waals surface area contributed by atoms with Crippen molar-refractivity contribution in [2.24, 2.45) is 0 Å². The third kappa shape index (κ3) is 3.60. The molecule has 0 saturated carbocycles. The summed E-state index contributed by atoms with van der Waals surface area (Å²) in [6, 6.07) is 8.15. The van der Waals surface area contributed by atoms with E-state index < -0.39 is 0 Å². The van der Waals surface area contributed by atoms with Gasteiger partial charge in [0, 0.05) is 31.4 Å². The summed E-state index contributed by atoms with van der Waals surface area (Å²) in [5, 5.41) is 4.45. The minimum Gasteiger partial charge on any atom is -0.334 e. The average molecular weight is 312 g/mol. The van der Waals surface area contributed by atoms with E-state index in [1.165, 1.54) is 0 Å². The van der Waals surface area contributed by atoms with Crippen molar-refractivity contribution < 1.29 is 4.79 Å². The molecule has 3 heterocycles. The third-order valence-electron chi connectivity index (χ3n) is 4.47. The Morgan fingerprint density at radius 1 is 1.35 bits per heavy atom. The van der Waals surface area contributed by atoms with Crippen molar-refractivity contribution in [2.75, 3.05) is 6.54 Å². The molecule has 1 aliphatic heterocycles. The van der Waals surface area contributed by atoms with Crippen LogP contribution in [0.5, 0.6) is 0 Å². The number of carbonyl (C=O) groups is 1. The molecule has 3 rings (SSSR count). The van der Waals surface area contributed by atoms with E-state index in [-0.39, 0.29) is 11.9 Å². The molecule has 2 aromatic heterocycles. The normalized spacial score (nSPS) is 17.7. The average Bonchev–Trinajstić information content (AvgIpc) is 3.15. The van der Waals surface area contributed by atoms with Crippen LogP contribution in [0.4, 0.5) is 0 Å². The maximum atomic E-state index is 12.6. The number of hydrogen-bond acceptors (Lipinski definition) is 3. The van der Waals surface area contributed by atoms with Crippen molar-refractivity contribution in [1.29, 1.82) is 0 Å². The van der Waals surface area contributed by atoms with E-state index in [0.29, 0.717) is 6.42 Å². The Hall–Kier alpha value is -2.17. The van der Waals surface area contributed by atoms with Gasteiger partial charge in [-0.1, -0.05) is 6.07 Å². The lowest BCUT2D eigenvalue weighted by molar-refractivity contribution is -0.132. The summed E-state index contributed by atoms with van der Waals surface area (Å²) in [6.45, 7) is 5.70. The highest BCUT2D eigenvalue weighted by atomic mass is 16.2. The number of amides is 1. The molecule has 1 fully saturated rings. The summed E-state index contributed by atoms with van der Waals surface area (Å²) >= 11 is 0. The Morgan fingerprint density at radius 2 is 2.22 bits per heavy atom. The van der Waals surface area contributed by atoms with Gasteiger partial charge in [0.25, 0.3) is 0 Å². The molecule has 1 atom stereocenters. The molecule has 0 aliphatic carbocycles. The van der Waals surface area contributed by atoms with Gasteiger partial charge in [-0.25, -0.2) is 0 Å². The molecule has 0 unspecified atom stereocenters. The quantitative estimate of drug-likeness (QED) is 0.852. The smallest absolute Gasteiger partial charge is 0.223 e. The van der Waals surface area contributed by atoms with Gasteiger partial charge >= 0.3 is 0 Å². The molecule has 122 valence electrons. The van der Waals surface area contributed by atoms with Gasteiger partial charge in [0.2, 0.25) is 5.91 Å². The first kappa shape index (κ1) is 15.7. The predicted molar refractivity (Wildman–Crippen MR) is 88.9 cm³/mol. The number of likely N-dealkylation sites (tertiary alicyclic amines) is 1.